The second-order valence-corrected chi connectivity index (χ2v) is 6.55. The van der Waals surface area contributed by atoms with E-state index in [4.69, 9.17) is 0 Å². The van der Waals surface area contributed by atoms with Crippen LogP contribution in [-0.2, 0) is 11.3 Å². The van der Waals surface area contributed by atoms with E-state index in [1.54, 1.807) is 0 Å². The molecule has 7 nitrogen and oxygen atoms in total. The molecule has 0 unspecified atom stereocenters. The number of para-hydroxylation sites is 1. The highest BCUT2D eigenvalue weighted by atomic mass is 16.2. The zero-order chi connectivity index (χ0) is 18.9. The molecule has 2 aromatic rings. The van der Waals surface area contributed by atoms with Crippen LogP contribution >= 0.6 is 0 Å². The van der Waals surface area contributed by atoms with Gasteiger partial charge in [0.05, 0.1) is 17.9 Å². The molecule has 2 N–H and O–H groups in total. The number of carbonyl (C=O) groups excluding carboxylic acids is 1. The quantitative estimate of drug-likeness (QED) is 0.579. The van der Waals surface area contributed by atoms with Gasteiger partial charge in [0.2, 0.25) is 5.91 Å². The number of likely N-dealkylation sites (tertiary alicyclic amines) is 1. The largest absolute Gasteiger partial charge is 0.357 e. The fourth-order valence-electron chi connectivity index (χ4n) is 3.08. The third kappa shape index (κ3) is 5.57. The first-order valence-corrected chi connectivity index (χ1v) is 9.66. The summed E-state index contributed by atoms with van der Waals surface area (Å²) in [5, 5.41) is 11.0. The van der Waals surface area contributed by atoms with E-state index < -0.39 is 0 Å². The summed E-state index contributed by atoms with van der Waals surface area (Å²) in [5.41, 5.74) is 1.92. The molecule has 1 aliphatic rings. The molecular weight excluding hydrogens is 340 g/mol. The van der Waals surface area contributed by atoms with Crippen LogP contribution in [0.3, 0.4) is 0 Å². The molecule has 1 fully saturated rings. The Kier molecular flexibility index (Phi) is 6.84. The second-order valence-electron chi connectivity index (χ2n) is 6.55. The first-order chi connectivity index (χ1) is 13.3. The van der Waals surface area contributed by atoms with Gasteiger partial charge in [-0.3, -0.25) is 4.79 Å². The monoisotopic (exact) mass is 368 g/mol. The number of rotatable bonds is 7. The van der Waals surface area contributed by atoms with Gasteiger partial charge in [-0.05, 0) is 38.0 Å². The first kappa shape index (κ1) is 18.9. The summed E-state index contributed by atoms with van der Waals surface area (Å²) in [6.45, 7) is 5.66. The van der Waals surface area contributed by atoms with Crippen LogP contribution in [0.2, 0.25) is 0 Å². The summed E-state index contributed by atoms with van der Waals surface area (Å²) in [6.07, 6.45) is 4.68. The smallest absolute Gasteiger partial charge is 0.224 e. The van der Waals surface area contributed by atoms with Crippen LogP contribution in [0.15, 0.2) is 47.6 Å². The van der Waals surface area contributed by atoms with Crippen LogP contribution in [-0.4, -0.2) is 52.7 Å². The molecule has 0 saturated carbocycles. The fourth-order valence-corrected chi connectivity index (χ4v) is 3.08. The zero-order valence-electron chi connectivity index (χ0n) is 15.9. The van der Waals surface area contributed by atoms with E-state index in [-0.39, 0.29) is 5.91 Å². The predicted molar refractivity (Wildman–Crippen MR) is 107 cm³/mol. The van der Waals surface area contributed by atoms with Crippen LogP contribution in [0, 0.1) is 0 Å². The lowest BCUT2D eigenvalue weighted by Gasteiger charge is -2.16. The highest BCUT2D eigenvalue weighted by molar-refractivity contribution is 5.81. The number of guanidine groups is 1. The van der Waals surface area contributed by atoms with Crippen molar-refractivity contribution in [1.82, 2.24) is 25.3 Å². The van der Waals surface area contributed by atoms with Crippen molar-refractivity contribution in [2.75, 3.05) is 26.2 Å². The molecule has 3 rings (SSSR count). The molecule has 2 heterocycles. The number of benzene rings is 1. The maximum Gasteiger partial charge on any atom is 0.224 e. The third-order valence-electron chi connectivity index (χ3n) is 4.50. The van der Waals surface area contributed by atoms with E-state index in [1.165, 1.54) is 0 Å². The van der Waals surface area contributed by atoms with Gasteiger partial charge in [0.25, 0.3) is 0 Å². The summed E-state index contributed by atoms with van der Waals surface area (Å²) in [6, 6.07) is 12.0. The Bertz CT molecular complexity index is 749. The summed E-state index contributed by atoms with van der Waals surface area (Å²) in [5.74, 6) is 0.929. The molecule has 1 aromatic heterocycles. The van der Waals surface area contributed by atoms with Crippen molar-refractivity contribution < 1.29 is 4.79 Å². The Labute approximate surface area is 160 Å². The molecule has 1 saturated heterocycles. The average molecular weight is 368 g/mol. The lowest BCUT2D eigenvalue weighted by Crippen LogP contribution is -2.39. The fraction of sp³-hybridized carbons (Fsp3) is 0.450. The van der Waals surface area contributed by atoms with Crippen molar-refractivity contribution in [2.24, 2.45) is 4.99 Å². The SMILES string of the molecule is CCNC(=NCc1ccn(-c2ccccc2)n1)NCCC(=O)N1CCCC1. The van der Waals surface area contributed by atoms with Crippen LogP contribution < -0.4 is 10.6 Å². The van der Waals surface area contributed by atoms with Gasteiger partial charge in [-0.15, -0.1) is 0 Å². The highest BCUT2D eigenvalue weighted by Crippen LogP contribution is 2.09. The molecular formula is C20H28N6O. The maximum absolute atomic E-state index is 12.1. The van der Waals surface area contributed by atoms with Gasteiger partial charge in [0.1, 0.15) is 0 Å². The molecule has 0 aliphatic carbocycles. The van der Waals surface area contributed by atoms with E-state index in [9.17, 15) is 4.79 Å². The molecule has 27 heavy (non-hydrogen) atoms. The van der Waals surface area contributed by atoms with Gasteiger partial charge < -0.3 is 15.5 Å². The first-order valence-electron chi connectivity index (χ1n) is 9.66. The second kappa shape index (κ2) is 9.75. The lowest BCUT2D eigenvalue weighted by atomic mass is 10.3. The summed E-state index contributed by atoms with van der Waals surface area (Å²) in [4.78, 5) is 18.6. The highest BCUT2D eigenvalue weighted by Gasteiger charge is 2.17. The number of aliphatic imine (C=N–C) groups is 1. The van der Waals surface area contributed by atoms with Crippen molar-refractivity contribution in [3.63, 3.8) is 0 Å². The van der Waals surface area contributed by atoms with Gasteiger partial charge in [0.15, 0.2) is 5.96 Å². The van der Waals surface area contributed by atoms with Crippen molar-refractivity contribution in [1.29, 1.82) is 0 Å². The Morgan fingerprint density at radius 3 is 2.67 bits per heavy atom. The Hall–Kier alpha value is -2.83. The van der Waals surface area contributed by atoms with Gasteiger partial charge in [-0.2, -0.15) is 5.10 Å². The number of amides is 1. The molecule has 0 bridgehead atoms. The van der Waals surface area contributed by atoms with Crippen molar-refractivity contribution in [2.45, 2.75) is 32.7 Å². The minimum atomic E-state index is 0.220. The Balaban J connectivity index is 1.51. The normalized spacial score (nSPS) is 14.4. The van der Waals surface area contributed by atoms with Crippen LogP contribution in [0.25, 0.3) is 5.69 Å². The molecule has 7 heteroatoms. The van der Waals surface area contributed by atoms with E-state index in [0.717, 1.165) is 43.9 Å². The Morgan fingerprint density at radius 1 is 1.15 bits per heavy atom. The summed E-state index contributed by atoms with van der Waals surface area (Å²) in [7, 11) is 0. The minimum absolute atomic E-state index is 0.220. The van der Waals surface area contributed by atoms with Gasteiger partial charge in [-0.1, -0.05) is 18.2 Å². The van der Waals surface area contributed by atoms with E-state index in [1.807, 2.05) is 59.1 Å². The molecule has 144 valence electrons. The van der Waals surface area contributed by atoms with E-state index >= 15 is 0 Å². The third-order valence-corrected chi connectivity index (χ3v) is 4.50. The molecule has 0 radical (unpaired) electrons. The topological polar surface area (TPSA) is 74.5 Å². The minimum Gasteiger partial charge on any atom is -0.357 e. The van der Waals surface area contributed by atoms with Crippen LogP contribution in [0.4, 0.5) is 0 Å². The van der Waals surface area contributed by atoms with E-state index in [2.05, 4.69) is 20.7 Å². The Morgan fingerprint density at radius 2 is 1.93 bits per heavy atom. The van der Waals surface area contributed by atoms with Crippen LogP contribution in [0.1, 0.15) is 31.9 Å². The van der Waals surface area contributed by atoms with Gasteiger partial charge in [0, 0.05) is 38.8 Å². The standard InChI is InChI=1S/C20H28N6O/c1-2-21-20(22-12-10-19(27)25-13-6-7-14-25)23-16-17-11-15-26(24-17)18-8-4-3-5-9-18/h3-5,8-9,11,15H,2,6-7,10,12-14,16H2,1H3,(H2,21,22,23). The maximum atomic E-state index is 12.1. The number of nitrogens with one attached hydrogen (secondary N) is 2. The number of aromatic nitrogens is 2. The van der Waals surface area contributed by atoms with Crippen LogP contribution in [0.5, 0.6) is 0 Å². The number of hydrogen-bond donors (Lipinski definition) is 2. The van der Waals surface area contributed by atoms with Gasteiger partial charge >= 0.3 is 0 Å². The van der Waals surface area contributed by atoms with Crippen molar-refractivity contribution in [3.05, 3.63) is 48.3 Å². The number of hydrogen-bond acceptors (Lipinski definition) is 3. The van der Waals surface area contributed by atoms with E-state index in [0.29, 0.717) is 25.5 Å². The summed E-state index contributed by atoms with van der Waals surface area (Å²) < 4.78 is 1.85. The molecule has 0 spiro atoms. The van der Waals surface area contributed by atoms with Gasteiger partial charge in [-0.25, -0.2) is 9.67 Å². The van der Waals surface area contributed by atoms with Crippen molar-refractivity contribution in [3.8, 4) is 5.69 Å². The lowest BCUT2D eigenvalue weighted by molar-refractivity contribution is -0.129. The molecule has 1 aliphatic heterocycles. The summed E-state index contributed by atoms with van der Waals surface area (Å²) >= 11 is 0. The number of carbonyl (C=O) groups is 1. The predicted octanol–water partition coefficient (Wildman–Crippen LogP) is 1.94. The molecule has 0 atom stereocenters. The van der Waals surface area contributed by atoms with Crippen molar-refractivity contribution >= 4 is 11.9 Å². The molecule has 1 amide bonds. The molecule has 1 aromatic carbocycles. The average Bonchev–Trinajstić information content (AvgIpc) is 3.39. The number of nitrogens with zero attached hydrogens (tertiary/aromatic N) is 4. The zero-order valence-corrected chi connectivity index (χ0v) is 15.9.